The summed E-state index contributed by atoms with van der Waals surface area (Å²) in [6.45, 7) is 2.96. The molecule has 0 saturated carbocycles. The zero-order chi connectivity index (χ0) is 19.8. The highest BCUT2D eigenvalue weighted by molar-refractivity contribution is 6.03. The topological polar surface area (TPSA) is 72.4 Å². The van der Waals surface area contributed by atoms with E-state index in [4.69, 9.17) is 4.74 Å². The van der Waals surface area contributed by atoms with E-state index in [-0.39, 0.29) is 18.4 Å². The molecule has 0 aliphatic heterocycles. The summed E-state index contributed by atoms with van der Waals surface area (Å²) in [4.78, 5) is 24.2. The largest absolute Gasteiger partial charge is 0.484 e. The molecule has 0 saturated heterocycles. The van der Waals surface area contributed by atoms with Gasteiger partial charge in [-0.3, -0.25) is 9.59 Å². The van der Waals surface area contributed by atoms with Gasteiger partial charge >= 0.3 is 0 Å². The first-order valence-corrected chi connectivity index (χ1v) is 9.15. The minimum Gasteiger partial charge on any atom is -0.484 e. The van der Waals surface area contributed by atoms with Crippen molar-refractivity contribution in [3.05, 3.63) is 84.2 Å². The number of rotatable bonds is 8. The van der Waals surface area contributed by atoms with Crippen LogP contribution in [0.4, 0.5) is 5.69 Å². The number of carbonyl (C=O) groups is 2. The maximum absolute atomic E-state index is 12.7. The first-order chi connectivity index (χ1) is 13.7. The lowest BCUT2D eigenvalue weighted by molar-refractivity contribution is -0.122. The number of likely N-dealkylation sites (N-methyl/N-ethyl adjacent to an activating group) is 1. The van der Waals surface area contributed by atoms with Crippen molar-refractivity contribution in [2.45, 2.75) is 13.5 Å². The second-order valence-electron chi connectivity index (χ2n) is 6.23. The molecule has 2 amide bonds. The van der Waals surface area contributed by atoms with Crippen LogP contribution in [0.15, 0.2) is 72.9 Å². The van der Waals surface area contributed by atoms with Crippen molar-refractivity contribution < 1.29 is 14.3 Å². The average molecular weight is 377 g/mol. The first kappa shape index (κ1) is 19.2. The Hall–Kier alpha value is -3.54. The molecule has 3 aromatic rings. The molecule has 28 heavy (non-hydrogen) atoms. The molecule has 3 rings (SSSR count). The maximum atomic E-state index is 12.7. The number of benzene rings is 2. The van der Waals surface area contributed by atoms with E-state index in [9.17, 15) is 9.59 Å². The van der Waals surface area contributed by atoms with Crippen molar-refractivity contribution in [2.24, 2.45) is 0 Å². The number of hydrogen-bond donors (Lipinski definition) is 2. The van der Waals surface area contributed by atoms with Crippen molar-refractivity contribution in [3.63, 3.8) is 0 Å². The van der Waals surface area contributed by atoms with Crippen LogP contribution in [0.1, 0.15) is 23.0 Å². The summed E-state index contributed by atoms with van der Waals surface area (Å²) >= 11 is 0. The third kappa shape index (κ3) is 5.23. The predicted molar refractivity (Wildman–Crippen MR) is 109 cm³/mol. The molecule has 6 nitrogen and oxygen atoms in total. The van der Waals surface area contributed by atoms with Crippen LogP contribution in [-0.4, -0.2) is 29.5 Å². The summed E-state index contributed by atoms with van der Waals surface area (Å²) in [5.74, 6) is 0.126. The van der Waals surface area contributed by atoms with E-state index in [1.807, 2.05) is 54.1 Å². The van der Waals surface area contributed by atoms with Crippen LogP contribution in [0, 0.1) is 0 Å². The van der Waals surface area contributed by atoms with Gasteiger partial charge in [0, 0.05) is 31.0 Å². The molecule has 6 heteroatoms. The summed E-state index contributed by atoms with van der Waals surface area (Å²) < 4.78 is 7.37. The summed E-state index contributed by atoms with van der Waals surface area (Å²) in [7, 11) is 0. The normalized spacial score (nSPS) is 10.3. The van der Waals surface area contributed by atoms with Gasteiger partial charge in [0.25, 0.3) is 11.8 Å². The van der Waals surface area contributed by atoms with E-state index in [0.29, 0.717) is 30.2 Å². The van der Waals surface area contributed by atoms with Crippen LogP contribution in [0.25, 0.3) is 0 Å². The molecule has 0 aliphatic rings. The minimum absolute atomic E-state index is 0.0643. The number of ether oxygens (including phenoxy) is 1. The van der Waals surface area contributed by atoms with Crippen LogP contribution in [0.5, 0.6) is 5.75 Å². The molecule has 2 aromatic carbocycles. The maximum Gasteiger partial charge on any atom is 0.272 e. The number of anilines is 1. The van der Waals surface area contributed by atoms with Crippen LogP contribution in [-0.2, 0) is 11.3 Å². The van der Waals surface area contributed by atoms with Crippen LogP contribution >= 0.6 is 0 Å². The van der Waals surface area contributed by atoms with Crippen LogP contribution in [0.2, 0.25) is 0 Å². The van der Waals surface area contributed by atoms with Crippen molar-refractivity contribution in [2.75, 3.05) is 18.5 Å². The molecule has 0 aliphatic carbocycles. The Morgan fingerprint density at radius 2 is 1.82 bits per heavy atom. The molecule has 144 valence electrons. The molecule has 1 aromatic heterocycles. The number of aromatic nitrogens is 1. The second-order valence-corrected chi connectivity index (χ2v) is 6.23. The number of nitrogens with zero attached hydrogens (tertiary/aromatic N) is 1. The van der Waals surface area contributed by atoms with E-state index in [1.54, 1.807) is 30.3 Å². The third-order valence-corrected chi connectivity index (χ3v) is 4.09. The van der Waals surface area contributed by atoms with Crippen LogP contribution < -0.4 is 15.4 Å². The fourth-order valence-electron chi connectivity index (χ4n) is 2.79. The fraction of sp³-hybridized carbons (Fsp3) is 0.182. The van der Waals surface area contributed by atoms with Gasteiger partial charge in [0.1, 0.15) is 11.4 Å². The molecule has 0 fully saturated rings. The summed E-state index contributed by atoms with van der Waals surface area (Å²) in [6.07, 6.45) is 1.88. The zero-order valence-corrected chi connectivity index (χ0v) is 15.7. The molecule has 1 heterocycles. The molecular weight excluding hydrogens is 354 g/mol. The van der Waals surface area contributed by atoms with Gasteiger partial charge in [-0.2, -0.15) is 0 Å². The molecule has 0 atom stereocenters. The number of hydrogen-bond acceptors (Lipinski definition) is 3. The highest BCUT2D eigenvalue weighted by Crippen LogP contribution is 2.18. The Morgan fingerprint density at radius 1 is 1.00 bits per heavy atom. The summed E-state index contributed by atoms with van der Waals surface area (Å²) in [5.41, 5.74) is 2.29. The third-order valence-electron chi connectivity index (χ3n) is 4.09. The van der Waals surface area contributed by atoms with Gasteiger partial charge in [0.15, 0.2) is 6.61 Å². The number of nitrogens with one attached hydrogen (secondary N) is 2. The van der Waals surface area contributed by atoms with E-state index in [1.165, 1.54) is 0 Å². The van der Waals surface area contributed by atoms with Crippen molar-refractivity contribution in [3.8, 4) is 5.75 Å². The summed E-state index contributed by atoms with van der Waals surface area (Å²) in [5, 5.41) is 5.55. The quantitative estimate of drug-likeness (QED) is 0.633. The lowest BCUT2D eigenvalue weighted by Crippen LogP contribution is -2.28. The minimum atomic E-state index is -0.207. The predicted octanol–water partition coefficient (Wildman–Crippen LogP) is 3.30. The molecule has 0 bridgehead atoms. The Labute approximate surface area is 164 Å². The van der Waals surface area contributed by atoms with E-state index >= 15 is 0 Å². The Bertz CT molecular complexity index is 935. The van der Waals surface area contributed by atoms with Crippen molar-refractivity contribution in [1.29, 1.82) is 0 Å². The molecule has 2 N–H and O–H groups in total. The Morgan fingerprint density at radius 3 is 2.61 bits per heavy atom. The van der Waals surface area contributed by atoms with Crippen molar-refractivity contribution >= 4 is 17.5 Å². The Balaban J connectivity index is 1.65. The smallest absolute Gasteiger partial charge is 0.272 e. The van der Waals surface area contributed by atoms with Gasteiger partial charge in [-0.25, -0.2) is 0 Å². The Kier molecular flexibility index (Phi) is 6.46. The van der Waals surface area contributed by atoms with E-state index in [2.05, 4.69) is 10.6 Å². The zero-order valence-electron chi connectivity index (χ0n) is 15.7. The van der Waals surface area contributed by atoms with Gasteiger partial charge in [-0.05, 0) is 36.8 Å². The number of amides is 2. The highest BCUT2D eigenvalue weighted by atomic mass is 16.5. The summed E-state index contributed by atoms with van der Waals surface area (Å²) in [6, 6.07) is 20.6. The first-order valence-electron chi connectivity index (χ1n) is 9.15. The van der Waals surface area contributed by atoms with Gasteiger partial charge in [0.2, 0.25) is 0 Å². The van der Waals surface area contributed by atoms with E-state index < -0.39 is 0 Å². The second kappa shape index (κ2) is 9.41. The molecule has 0 spiro atoms. The fourth-order valence-corrected chi connectivity index (χ4v) is 2.79. The molecule has 0 unspecified atom stereocenters. The van der Waals surface area contributed by atoms with Gasteiger partial charge in [-0.1, -0.05) is 36.4 Å². The monoisotopic (exact) mass is 377 g/mol. The van der Waals surface area contributed by atoms with Gasteiger partial charge in [-0.15, -0.1) is 0 Å². The highest BCUT2D eigenvalue weighted by Gasteiger charge is 2.12. The molecule has 0 radical (unpaired) electrons. The lowest BCUT2D eigenvalue weighted by atomic mass is 10.2. The molecular formula is C22H23N3O3. The van der Waals surface area contributed by atoms with E-state index in [0.717, 1.165) is 5.56 Å². The number of carbonyl (C=O) groups excluding carboxylic acids is 2. The SMILES string of the molecule is CCNC(=O)COc1cccc(NC(=O)c2cccn2Cc2ccccc2)c1. The van der Waals surface area contributed by atoms with Crippen LogP contribution in [0.3, 0.4) is 0 Å². The lowest BCUT2D eigenvalue weighted by Gasteiger charge is -2.11. The van der Waals surface area contributed by atoms with Gasteiger partial charge < -0.3 is 19.9 Å². The van der Waals surface area contributed by atoms with Gasteiger partial charge in [0.05, 0.1) is 0 Å². The van der Waals surface area contributed by atoms with Crippen molar-refractivity contribution in [1.82, 2.24) is 9.88 Å². The standard InChI is InChI=1S/C22H23N3O3/c1-2-23-21(26)16-28-19-11-6-10-18(14-19)24-22(27)20-12-7-13-25(20)15-17-8-4-3-5-9-17/h3-14H,2,15-16H2,1H3,(H,23,26)(H,24,27). The average Bonchev–Trinajstić information content (AvgIpc) is 3.16.